The lowest BCUT2D eigenvalue weighted by Gasteiger charge is -2.30. The molecule has 0 saturated heterocycles. The van der Waals surface area contributed by atoms with E-state index < -0.39 is 5.54 Å². The van der Waals surface area contributed by atoms with E-state index in [-0.39, 0.29) is 5.97 Å². The molecule has 0 heterocycles. The quantitative estimate of drug-likeness (QED) is 0.262. The zero-order chi connectivity index (χ0) is 15.7. The Labute approximate surface area is 125 Å². The molecule has 0 aliphatic heterocycles. The molecule has 0 aliphatic rings. The predicted molar refractivity (Wildman–Crippen MR) is 81.8 cm³/mol. The maximum atomic E-state index is 12.4. The van der Waals surface area contributed by atoms with Crippen molar-refractivity contribution in [3.05, 3.63) is 45.8 Å². The van der Waals surface area contributed by atoms with Crippen LogP contribution in [0.3, 0.4) is 0 Å². The molecule has 0 spiro atoms. The zero-order valence-corrected chi connectivity index (χ0v) is 12.8. The number of nitrogens with zero attached hydrogens (tertiary/aromatic N) is 3. The van der Waals surface area contributed by atoms with Crippen LogP contribution in [0.1, 0.15) is 31.4 Å². The van der Waals surface area contributed by atoms with Crippen molar-refractivity contribution in [2.45, 2.75) is 32.7 Å². The minimum atomic E-state index is -0.905. The van der Waals surface area contributed by atoms with E-state index in [0.29, 0.717) is 26.1 Å². The molecule has 0 radical (unpaired) electrons. The highest BCUT2D eigenvalue weighted by atomic mass is 16.5. The molecule has 0 aromatic heterocycles. The molecule has 6 nitrogen and oxygen atoms in total. The molecule has 1 aromatic rings. The third-order valence-corrected chi connectivity index (χ3v) is 3.34. The topological polar surface area (TPSA) is 87.1 Å². The van der Waals surface area contributed by atoms with Crippen LogP contribution in [0.15, 0.2) is 29.4 Å². The van der Waals surface area contributed by atoms with Crippen LogP contribution in [0.5, 0.6) is 0 Å². The first-order chi connectivity index (χ1) is 10.1. The highest BCUT2D eigenvalue weighted by molar-refractivity contribution is 5.82. The summed E-state index contributed by atoms with van der Waals surface area (Å²) in [4.78, 5) is 15.1. The number of nitrogens with one attached hydrogen (secondary N) is 1. The van der Waals surface area contributed by atoms with Gasteiger partial charge in [0.25, 0.3) is 0 Å². The van der Waals surface area contributed by atoms with Gasteiger partial charge >= 0.3 is 5.97 Å². The van der Waals surface area contributed by atoms with E-state index in [9.17, 15) is 4.79 Å². The fourth-order valence-corrected chi connectivity index (χ4v) is 2.22. The van der Waals surface area contributed by atoms with Crippen molar-refractivity contribution in [1.29, 1.82) is 0 Å². The molecule has 0 aliphatic carbocycles. The molecule has 114 valence electrons. The van der Waals surface area contributed by atoms with Crippen molar-refractivity contribution in [1.82, 2.24) is 5.32 Å². The number of hydrogen-bond acceptors (Lipinski definition) is 4. The molecule has 6 heteroatoms. The van der Waals surface area contributed by atoms with E-state index in [2.05, 4.69) is 15.3 Å². The van der Waals surface area contributed by atoms with Crippen molar-refractivity contribution >= 4 is 5.97 Å². The molecule has 0 bridgehead atoms. The monoisotopic (exact) mass is 290 g/mol. The lowest BCUT2D eigenvalue weighted by molar-refractivity contribution is -0.151. The van der Waals surface area contributed by atoms with Crippen molar-refractivity contribution in [2.24, 2.45) is 5.11 Å². The molecule has 1 rings (SSSR count). The van der Waals surface area contributed by atoms with Gasteiger partial charge in [-0.3, -0.25) is 5.32 Å². The van der Waals surface area contributed by atoms with Gasteiger partial charge in [0.1, 0.15) is 5.54 Å². The average Bonchev–Trinajstić information content (AvgIpc) is 2.47. The highest BCUT2D eigenvalue weighted by Gasteiger charge is 2.37. The van der Waals surface area contributed by atoms with Gasteiger partial charge in [-0.25, -0.2) is 4.79 Å². The normalized spacial score (nSPS) is 13.1. The van der Waals surface area contributed by atoms with Crippen LogP contribution in [-0.4, -0.2) is 25.7 Å². The van der Waals surface area contributed by atoms with Gasteiger partial charge in [0, 0.05) is 11.5 Å². The first-order valence-corrected chi connectivity index (χ1v) is 7.05. The second-order valence-corrected chi connectivity index (χ2v) is 4.90. The summed E-state index contributed by atoms with van der Waals surface area (Å²) >= 11 is 0. The Morgan fingerprint density at radius 3 is 2.81 bits per heavy atom. The number of benzene rings is 1. The van der Waals surface area contributed by atoms with E-state index >= 15 is 0 Å². The summed E-state index contributed by atoms with van der Waals surface area (Å²) < 4.78 is 5.21. The molecule has 0 fully saturated rings. The third kappa shape index (κ3) is 4.48. The lowest BCUT2D eigenvalue weighted by atomic mass is 9.88. The number of esters is 1. The summed E-state index contributed by atoms with van der Waals surface area (Å²) in [5.41, 5.74) is 9.28. The second kappa shape index (κ2) is 8.29. The van der Waals surface area contributed by atoms with E-state index in [1.807, 2.05) is 38.1 Å². The molecule has 0 amide bonds. The van der Waals surface area contributed by atoms with E-state index in [1.54, 1.807) is 6.92 Å². The summed E-state index contributed by atoms with van der Waals surface area (Å²) in [6.07, 6.45) is 0.658. The number of carbonyl (C=O) groups is 1. The van der Waals surface area contributed by atoms with Crippen LogP contribution in [0.25, 0.3) is 10.4 Å². The summed E-state index contributed by atoms with van der Waals surface area (Å²) in [5, 5.41) is 6.73. The van der Waals surface area contributed by atoms with Gasteiger partial charge in [0.05, 0.1) is 6.61 Å². The molecule has 1 atom stereocenters. The van der Waals surface area contributed by atoms with E-state index in [1.165, 1.54) is 0 Å². The number of aryl methyl sites for hydroxylation is 1. The molecule has 1 unspecified atom stereocenters. The maximum absolute atomic E-state index is 12.4. The molecule has 1 aromatic carbocycles. The first kappa shape index (κ1) is 17.0. The van der Waals surface area contributed by atoms with E-state index in [0.717, 1.165) is 11.1 Å². The fourth-order valence-electron chi connectivity index (χ4n) is 2.22. The fraction of sp³-hybridized carbons (Fsp3) is 0.533. The number of azide groups is 1. The Balaban J connectivity index is 2.92. The van der Waals surface area contributed by atoms with Crippen LogP contribution < -0.4 is 5.32 Å². The minimum Gasteiger partial charge on any atom is -0.464 e. The van der Waals surface area contributed by atoms with Gasteiger partial charge < -0.3 is 4.74 Å². The lowest BCUT2D eigenvalue weighted by Crippen LogP contribution is -2.48. The molecular formula is C15H22N4O2. The number of rotatable bonds is 8. The van der Waals surface area contributed by atoms with Crippen molar-refractivity contribution in [3.8, 4) is 0 Å². The molecule has 21 heavy (non-hydrogen) atoms. The Morgan fingerprint density at radius 1 is 1.48 bits per heavy atom. The molecule has 1 N–H and O–H groups in total. The van der Waals surface area contributed by atoms with Crippen LogP contribution in [0.4, 0.5) is 0 Å². The van der Waals surface area contributed by atoms with Gasteiger partial charge in [0.2, 0.25) is 0 Å². The Kier molecular flexibility index (Phi) is 6.72. The Bertz CT molecular complexity index is 526. The number of hydrogen-bond donors (Lipinski definition) is 1. The summed E-state index contributed by atoms with van der Waals surface area (Å²) in [6.45, 7) is 6.87. The largest absolute Gasteiger partial charge is 0.464 e. The first-order valence-electron chi connectivity index (χ1n) is 7.05. The maximum Gasteiger partial charge on any atom is 0.330 e. The summed E-state index contributed by atoms with van der Waals surface area (Å²) in [5.74, 6) is -0.303. The molecule has 0 saturated carbocycles. The smallest absolute Gasteiger partial charge is 0.330 e. The Hall–Kier alpha value is -2.04. The van der Waals surface area contributed by atoms with Gasteiger partial charge in [-0.1, -0.05) is 29.4 Å². The van der Waals surface area contributed by atoms with Crippen LogP contribution >= 0.6 is 0 Å². The molecular weight excluding hydrogens is 268 g/mol. The van der Waals surface area contributed by atoms with E-state index in [4.69, 9.17) is 10.3 Å². The second-order valence-electron chi connectivity index (χ2n) is 4.90. The number of ether oxygens (including phenoxy) is 1. The van der Waals surface area contributed by atoms with Crippen molar-refractivity contribution < 1.29 is 9.53 Å². The van der Waals surface area contributed by atoms with Crippen LogP contribution in [0.2, 0.25) is 0 Å². The summed E-state index contributed by atoms with van der Waals surface area (Å²) in [6, 6.07) is 7.73. The van der Waals surface area contributed by atoms with Crippen molar-refractivity contribution in [3.63, 3.8) is 0 Å². The van der Waals surface area contributed by atoms with Gasteiger partial charge in [-0.2, -0.15) is 0 Å². The van der Waals surface area contributed by atoms with Crippen molar-refractivity contribution in [2.75, 3.05) is 19.7 Å². The number of carbonyl (C=O) groups excluding carboxylic acids is 1. The highest BCUT2D eigenvalue weighted by Crippen LogP contribution is 2.25. The Morgan fingerprint density at radius 2 is 2.19 bits per heavy atom. The SMILES string of the molecule is CCOC(=O)C(C)(NCCCN=[N+]=[N-])c1ccccc1C. The van der Waals surface area contributed by atoms with Gasteiger partial charge in [-0.05, 0) is 50.4 Å². The standard InChI is InChI=1S/C15H22N4O2/c1-4-21-14(20)15(3,17-10-7-11-18-19-16)13-9-6-5-8-12(13)2/h5-6,8-9,17H,4,7,10-11H2,1-3H3. The summed E-state index contributed by atoms with van der Waals surface area (Å²) in [7, 11) is 0. The van der Waals surface area contributed by atoms with Crippen LogP contribution in [-0.2, 0) is 15.1 Å². The average molecular weight is 290 g/mol. The van der Waals surface area contributed by atoms with Gasteiger partial charge in [0.15, 0.2) is 0 Å². The van der Waals surface area contributed by atoms with Gasteiger partial charge in [-0.15, -0.1) is 0 Å². The zero-order valence-electron chi connectivity index (χ0n) is 12.8. The minimum absolute atomic E-state index is 0.303. The third-order valence-electron chi connectivity index (χ3n) is 3.34. The predicted octanol–water partition coefficient (Wildman–Crippen LogP) is 3.06. The van der Waals surface area contributed by atoms with Crippen LogP contribution in [0, 0.1) is 6.92 Å².